The molecule has 0 spiro atoms. The van der Waals surface area contributed by atoms with Crippen LogP contribution in [0.2, 0.25) is 0 Å². The Morgan fingerprint density at radius 1 is 1.12 bits per heavy atom. The van der Waals surface area contributed by atoms with E-state index in [0.717, 1.165) is 23.9 Å². The minimum absolute atomic E-state index is 0.119. The van der Waals surface area contributed by atoms with Gasteiger partial charge in [0.05, 0.1) is 17.1 Å². The SMILES string of the molecule is O=C(CSc1nnnn1-c1cccc(F)c1)Nc1ccc(F)cc1F. The number of thioether (sulfide) groups is 1. The van der Waals surface area contributed by atoms with Crippen molar-refractivity contribution in [2.45, 2.75) is 5.16 Å². The first-order chi connectivity index (χ1) is 12.0. The third-order valence-corrected chi connectivity index (χ3v) is 3.95. The fourth-order valence-electron chi connectivity index (χ4n) is 1.95. The number of hydrogen-bond acceptors (Lipinski definition) is 5. The molecule has 0 aliphatic carbocycles. The molecule has 2 aromatic carbocycles. The first-order valence-electron chi connectivity index (χ1n) is 6.95. The van der Waals surface area contributed by atoms with Gasteiger partial charge < -0.3 is 5.32 Å². The molecule has 0 aliphatic rings. The zero-order valence-corrected chi connectivity index (χ0v) is 13.3. The highest BCUT2D eigenvalue weighted by atomic mass is 32.2. The minimum Gasteiger partial charge on any atom is -0.323 e. The van der Waals surface area contributed by atoms with Crippen molar-refractivity contribution in [2.24, 2.45) is 0 Å². The van der Waals surface area contributed by atoms with Crippen LogP contribution in [0.5, 0.6) is 0 Å². The lowest BCUT2D eigenvalue weighted by Crippen LogP contribution is -2.15. The largest absolute Gasteiger partial charge is 0.323 e. The summed E-state index contributed by atoms with van der Waals surface area (Å²) in [5.74, 6) is -2.70. The average molecular weight is 365 g/mol. The Hall–Kier alpha value is -2.88. The normalized spacial score (nSPS) is 10.7. The zero-order chi connectivity index (χ0) is 17.8. The summed E-state index contributed by atoms with van der Waals surface area (Å²) in [7, 11) is 0. The van der Waals surface area contributed by atoms with E-state index in [9.17, 15) is 18.0 Å². The molecule has 1 N–H and O–H groups in total. The zero-order valence-electron chi connectivity index (χ0n) is 12.5. The van der Waals surface area contributed by atoms with Crippen LogP contribution in [0.1, 0.15) is 0 Å². The lowest BCUT2D eigenvalue weighted by atomic mass is 10.3. The molecule has 0 saturated carbocycles. The van der Waals surface area contributed by atoms with Gasteiger partial charge in [-0.05, 0) is 40.8 Å². The molecule has 1 heterocycles. The van der Waals surface area contributed by atoms with Gasteiger partial charge in [-0.2, -0.15) is 4.68 Å². The Morgan fingerprint density at radius 3 is 2.68 bits per heavy atom. The molecule has 3 aromatic rings. The van der Waals surface area contributed by atoms with Gasteiger partial charge in [0.2, 0.25) is 11.1 Å². The lowest BCUT2D eigenvalue weighted by molar-refractivity contribution is -0.113. The van der Waals surface area contributed by atoms with Crippen LogP contribution in [0.3, 0.4) is 0 Å². The maximum Gasteiger partial charge on any atom is 0.234 e. The van der Waals surface area contributed by atoms with Crippen LogP contribution < -0.4 is 5.32 Å². The first kappa shape index (κ1) is 17.0. The van der Waals surface area contributed by atoms with Crippen molar-refractivity contribution in [2.75, 3.05) is 11.1 Å². The number of carbonyl (C=O) groups is 1. The van der Waals surface area contributed by atoms with Crippen LogP contribution in [0.4, 0.5) is 18.9 Å². The quantitative estimate of drug-likeness (QED) is 0.704. The molecule has 0 atom stereocenters. The second kappa shape index (κ2) is 7.34. The van der Waals surface area contributed by atoms with E-state index in [-0.39, 0.29) is 16.6 Å². The number of nitrogens with one attached hydrogen (secondary N) is 1. The summed E-state index contributed by atoms with van der Waals surface area (Å²) in [6, 6.07) is 8.48. The molecule has 6 nitrogen and oxygen atoms in total. The number of aromatic nitrogens is 4. The van der Waals surface area contributed by atoms with Gasteiger partial charge in [-0.1, -0.05) is 17.8 Å². The van der Waals surface area contributed by atoms with E-state index < -0.39 is 23.4 Å². The molecule has 0 bridgehead atoms. The molecule has 128 valence electrons. The topological polar surface area (TPSA) is 72.7 Å². The first-order valence-corrected chi connectivity index (χ1v) is 7.93. The molecule has 1 amide bonds. The standard InChI is InChI=1S/C15H10F3N5OS/c16-9-2-1-3-11(6-9)23-15(20-21-22-23)25-8-14(24)19-13-5-4-10(17)7-12(13)18/h1-7H,8H2,(H,19,24). The number of anilines is 1. The van der Waals surface area contributed by atoms with E-state index in [1.165, 1.54) is 22.9 Å². The van der Waals surface area contributed by atoms with Crippen LogP contribution >= 0.6 is 11.8 Å². The van der Waals surface area contributed by atoms with Crippen molar-refractivity contribution in [1.29, 1.82) is 0 Å². The minimum atomic E-state index is -0.872. The van der Waals surface area contributed by atoms with Crippen molar-refractivity contribution in [3.05, 3.63) is 59.9 Å². The Kier molecular flexibility index (Phi) is 4.98. The van der Waals surface area contributed by atoms with Gasteiger partial charge in [0, 0.05) is 6.07 Å². The number of rotatable bonds is 5. The van der Waals surface area contributed by atoms with Gasteiger partial charge in [0.25, 0.3) is 0 Å². The monoisotopic (exact) mass is 365 g/mol. The predicted octanol–water partition coefficient (Wildman–Crippen LogP) is 2.81. The van der Waals surface area contributed by atoms with Gasteiger partial charge in [-0.3, -0.25) is 4.79 Å². The molecule has 10 heteroatoms. The van der Waals surface area contributed by atoms with Gasteiger partial charge in [-0.25, -0.2) is 13.2 Å². The summed E-state index contributed by atoms with van der Waals surface area (Å²) in [5.41, 5.74) is 0.272. The molecule has 3 rings (SSSR count). The molecular formula is C15H10F3N5OS. The van der Waals surface area contributed by atoms with Crippen molar-refractivity contribution in [1.82, 2.24) is 20.2 Å². The van der Waals surface area contributed by atoms with Crippen LogP contribution in [0.25, 0.3) is 5.69 Å². The van der Waals surface area contributed by atoms with E-state index in [2.05, 4.69) is 20.8 Å². The number of nitrogens with zero attached hydrogens (tertiary/aromatic N) is 4. The van der Waals surface area contributed by atoms with Crippen LogP contribution in [-0.2, 0) is 4.79 Å². The number of benzene rings is 2. The van der Waals surface area contributed by atoms with Gasteiger partial charge in [0.15, 0.2) is 0 Å². The highest BCUT2D eigenvalue weighted by molar-refractivity contribution is 7.99. The van der Waals surface area contributed by atoms with Crippen molar-refractivity contribution in [3.63, 3.8) is 0 Å². The number of halogens is 3. The summed E-state index contributed by atoms with van der Waals surface area (Å²) in [6.45, 7) is 0. The predicted molar refractivity (Wildman–Crippen MR) is 84.8 cm³/mol. The third-order valence-electron chi connectivity index (χ3n) is 3.03. The Balaban J connectivity index is 1.66. The maximum absolute atomic E-state index is 13.5. The van der Waals surface area contributed by atoms with E-state index in [0.29, 0.717) is 11.8 Å². The smallest absolute Gasteiger partial charge is 0.234 e. The van der Waals surface area contributed by atoms with E-state index in [1.807, 2.05) is 0 Å². The van der Waals surface area contributed by atoms with E-state index in [1.54, 1.807) is 6.07 Å². The second-order valence-corrected chi connectivity index (χ2v) is 5.76. The van der Waals surface area contributed by atoms with Crippen LogP contribution in [0.15, 0.2) is 47.6 Å². The molecule has 0 radical (unpaired) electrons. The van der Waals surface area contributed by atoms with Gasteiger partial charge in [-0.15, -0.1) is 5.10 Å². The lowest BCUT2D eigenvalue weighted by Gasteiger charge is -2.07. The Bertz CT molecular complexity index is 918. The highest BCUT2D eigenvalue weighted by Gasteiger charge is 2.13. The van der Waals surface area contributed by atoms with Gasteiger partial charge >= 0.3 is 0 Å². The van der Waals surface area contributed by atoms with Crippen molar-refractivity contribution >= 4 is 23.4 Å². The van der Waals surface area contributed by atoms with Crippen LogP contribution in [0, 0.1) is 17.5 Å². The molecule has 0 fully saturated rings. The van der Waals surface area contributed by atoms with E-state index >= 15 is 0 Å². The molecule has 1 aromatic heterocycles. The van der Waals surface area contributed by atoms with Crippen molar-refractivity contribution < 1.29 is 18.0 Å². The van der Waals surface area contributed by atoms with Gasteiger partial charge in [0.1, 0.15) is 17.5 Å². The summed E-state index contributed by atoms with van der Waals surface area (Å²) in [5, 5.41) is 13.6. The number of amides is 1. The number of carbonyl (C=O) groups excluding carboxylic acids is 1. The molecule has 0 aliphatic heterocycles. The number of hydrogen-bond donors (Lipinski definition) is 1. The Morgan fingerprint density at radius 2 is 1.92 bits per heavy atom. The third kappa shape index (κ3) is 4.15. The number of tetrazole rings is 1. The summed E-state index contributed by atoms with van der Waals surface area (Å²) >= 11 is 0.987. The summed E-state index contributed by atoms with van der Waals surface area (Å²) < 4.78 is 40.9. The Labute approximate surface area is 144 Å². The molecule has 0 saturated heterocycles. The van der Waals surface area contributed by atoms with Crippen molar-refractivity contribution in [3.8, 4) is 5.69 Å². The molecule has 25 heavy (non-hydrogen) atoms. The average Bonchev–Trinajstić information content (AvgIpc) is 3.04. The maximum atomic E-state index is 13.5. The second-order valence-electron chi connectivity index (χ2n) is 4.81. The molecule has 0 unspecified atom stereocenters. The summed E-state index contributed by atoms with van der Waals surface area (Å²) in [4.78, 5) is 11.9. The van der Waals surface area contributed by atoms with Crippen LogP contribution in [-0.4, -0.2) is 31.9 Å². The molecular weight excluding hydrogens is 355 g/mol. The fraction of sp³-hybridized carbons (Fsp3) is 0.0667. The summed E-state index contributed by atoms with van der Waals surface area (Å²) in [6.07, 6.45) is 0. The fourth-order valence-corrected chi connectivity index (χ4v) is 2.64. The van der Waals surface area contributed by atoms with E-state index in [4.69, 9.17) is 0 Å². The highest BCUT2D eigenvalue weighted by Crippen LogP contribution is 2.20.